The van der Waals surface area contributed by atoms with Gasteiger partial charge in [0.25, 0.3) is 0 Å². The maximum absolute atomic E-state index is 11.0. The molecule has 1 unspecified atom stereocenters. The van der Waals surface area contributed by atoms with Crippen molar-refractivity contribution in [2.24, 2.45) is 5.92 Å². The normalized spacial score (nSPS) is 17.1. The molecule has 0 spiro atoms. The summed E-state index contributed by atoms with van der Waals surface area (Å²) in [4.78, 5) is 11.0. The summed E-state index contributed by atoms with van der Waals surface area (Å²) >= 11 is 0. The van der Waals surface area contributed by atoms with E-state index in [1.807, 2.05) is 24.3 Å². The van der Waals surface area contributed by atoms with Crippen LogP contribution in [0.15, 0.2) is 24.3 Å². The Morgan fingerprint density at radius 3 is 2.55 bits per heavy atom. The van der Waals surface area contributed by atoms with Crippen LogP contribution in [0.25, 0.3) is 0 Å². The van der Waals surface area contributed by atoms with E-state index in [9.17, 15) is 9.90 Å². The molecule has 20 heavy (non-hydrogen) atoms. The smallest absolute Gasteiger partial charge is 0.134 e. The van der Waals surface area contributed by atoms with Crippen LogP contribution in [-0.4, -0.2) is 23.6 Å². The van der Waals surface area contributed by atoms with Gasteiger partial charge in [-0.25, -0.2) is 0 Å². The molecule has 0 aromatic heterocycles. The number of aliphatic hydroxyl groups excluding tert-OH is 1. The maximum Gasteiger partial charge on any atom is 0.134 e. The first-order valence-corrected chi connectivity index (χ1v) is 7.52. The minimum absolute atomic E-state index is 0.158. The summed E-state index contributed by atoms with van der Waals surface area (Å²) in [6, 6.07) is 7.53. The average Bonchev–Trinajstić information content (AvgIpc) is 2.90. The van der Waals surface area contributed by atoms with E-state index in [1.54, 1.807) is 6.92 Å². The largest absolute Gasteiger partial charge is 0.491 e. The lowest BCUT2D eigenvalue weighted by Crippen LogP contribution is -2.20. The summed E-state index contributed by atoms with van der Waals surface area (Å²) in [6.45, 7) is 1.94. The SMILES string of the molecule is CC(=O)Cc1ccc(OCC(O)CC2CCCC2)cc1. The predicted octanol–water partition coefficient (Wildman–Crippen LogP) is 3.14. The van der Waals surface area contributed by atoms with E-state index >= 15 is 0 Å². The minimum Gasteiger partial charge on any atom is -0.491 e. The summed E-state index contributed by atoms with van der Waals surface area (Å²) in [5.41, 5.74) is 0.997. The molecular weight excluding hydrogens is 252 g/mol. The molecule has 1 aromatic rings. The van der Waals surface area contributed by atoms with Crippen molar-refractivity contribution in [3.63, 3.8) is 0 Å². The molecule has 1 aliphatic rings. The van der Waals surface area contributed by atoms with Crippen LogP contribution in [0.3, 0.4) is 0 Å². The quantitative estimate of drug-likeness (QED) is 0.832. The molecule has 0 amide bonds. The van der Waals surface area contributed by atoms with Crippen molar-refractivity contribution >= 4 is 5.78 Å². The van der Waals surface area contributed by atoms with E-state index in [0.717, 1.165) is 17.7 Å². The number of aliphatic hydroxyl groups is 1. The molecule has 0 saturated heterocycles. The molecule has 0 aliphatic heterocycles. The second kappa shape index (κ2) is 7.44. The van der Waals surface area contributed by atoms with E-state index in [2.05, 4.69) is 0 Å². The first kappa shape index (κ1) is 15.0. The monoisotopic (exact) mass is 276 g/mol. The van der Waals surface area contributed by atoms with E-state index in [-0.39, 0.29) is 11.9 Å². The van der Waals surface area contributed by atoms with E-state index in [1.165, 1.54) is 25.7 Å². The fraction of sp³-hybridized carbons (Fsp3) is 0.588. The van der Waals surface area contributed by atoms with Gasteiger partial charge in [-0.05, 0) is 37.0 Å². The molecule has 3 nitrogen and oxygen atoms in total. The summed E-state index contributed by atoms with van der Waals surface area (Å²) < 4.78 is 5.60. The molecule has 1 aromatic carbocycles. The molecule has 1 atom stereocenters. The first-order chi connectivity index (χ1) is 9.63. The molecule has 0 radical (unpaired) electrons. The Hall–Kier alpha value is -1.35. The third-order valence-corrected chi connectivity index (χ3v) is 3.90. The first-order valence-electron chi connectivity index (χ1n) is 7.52. The van der Waals surface area contributed by atoms with Crippen LogP contribution in [-0.2, 0) is 11.2 Å². The van der Waals surface area contributed by atoms with Crippen molar-refractivity contribution in [1.29, 1.82) is 0 Å². The fourth-order valence-electron chi connectivity index (χ4n) is 2.88. The van der Waals surface area contributed by atoms with Crippen molar-refractivity contribution in [2.75, 3.05) is 6.61 Å². The van der Waals surface area contributed by atoms with Gasteiger partial charge < -0.3 is 9.84 Å². The Labute approximate surface area is 121 Å². The number of hydrogen-bond acceptors (Lipinski definition) is 3. The highest BCUT2D eigenvalue weighted by Crippen LogP contribution is 2.28. The Bertz CT molecular complexity index is 418. The number of carbonyl (C=O) groups excluding carboxylic acids is 1. The molecule has 2 rings (SSSR count). The van der Waals surface area contributed by atoms with Gasteiger partial charge in [-0.3, -0.25) is 4.79 Å². The molecule has 1 fully saturated rings. The number of ether oxygens (including phenoxy) is 1. The van der Waals surface area contributed by atoms with Gasteiger partial charge in [0.15, 0.2) is 0 Å². The molecule has 1 N–H and O–H groups in total. The Morgan fingerprint density at radius 2 is 1.95 bits per heavy atom. The summed E-state index contributed by atoms with van der Waals surface area (Å²) in [7, 11) is 0. The van der Waals surface area contributed by atoms with Crippen molar-refractivity contribution in [1.82, 2.24) is 0 Å². The Kier molecular flexibility index (Phi) is 5.60. The summed E-state index contributed by atoms with van der Waals surface area (Å²) in [5, 5.41) is 9.97. The number of hydrogen-bond donors (Lipinski definition) is 1. The van der Waals surface area contributed by atoms with Gasteiger partial charge in [0.1, 0.15) is 18.1 Å². The van der Waals surface area contributed by atoms with Gasteiger partial charge in [0, 0.05) is 6.42 Å². The van der Waals surface area contributed by atoms with Crippen molar-refractivity contribution in [3.8, 4) is 5.75 Å². The zero-order valence-electron chi connectivity index (χ0n) is 12.2. The molecular formula is C17H24O3. The molecule has 1 saturated carbocycles. The van der Waals surface area contributed by atoms with Crippen LogP contribution < -0.4 is 4.74 Å². The molecule has 0 bridgehead atoms. The standard InChI is InChI=1S/C17H24O3/c1-13(18)10-15-6-8-17(9-7-15)20-12-16(19)11-14-4-2-3-5-14/h6-9,14,16,19H,2-5,10-12H2,1H3. The second-order valence-electron chi connectivity index (χ2n) is 5.87. The maximum atomic E-state index is 11.0. The number of carbonyl (C=O) groups is 1. The zero-order chi connectivity index (χ0) is 14.4. The molecule has 110 valence electrons. The molecule has 3 heteroatoms. The van der Waals surface area contributed by atoms with Crippen LogP contribution in [0, 0.1) is 5.92 Å². The van der Waals surface area contributed by atoms with E-state index in [0.29, 0.717) is 18.9 Å². The minimum atomic E-state index is -0.380. The van der Waals surface area contributed by atoms with E-state index < -0.39 is 0 Å². The highest BCUT2D eigenvalue weighted by molar-refractivity contribution is 5.78. The lowest BCUT2D eigenvalue weighted by Gasteiger charge is -2.16. The van der Waals surface area contributed by atoms with E-state index in [4.69, 9.17) is 4.74 Å². The number of benzene rings is 1. The average molecular weight is 276 g/mol. The highest BCUT2D eigenvalue weighted by Gasteiger charge is 2.19. The van der Waals surface area contributed by atoms with Crippen LogP contribution >= 0.6 is 0 Å². The zero-order valence-corrected chi connectivity index (χ0v) is 12.2. The summed E-state index contributed by atoms with van der Waals surface area (Å²) in [5.74, 6) is 1.58. The van der Waals surface area contributed by atoms with Gasteiger partial charge >= 0.3 is 0 Å². The van der Waals surface area contributed by atoms with Gasteiger partial charge in [-0.1, -0.05) is 37.8 Å². The second-order valence-corrected chi connectivity index (χ2v) is 5.87. The molecule has 1 aliphatic carbocycles. The Morgan fingerprint density at radius 1 is 1.30 bits per heavy atom. The van der Waals surface area contributed by atoms with Gasteiger partial charge in [-0.15, -0.1) is 0 Å². The summed E-state index contributed by atoms with van der Waals surface area (Å²) in [6.07, 6.45) is 6.03. The van der Waals surface area contributed by atoms with Crippen molar-refractivity contribution < 1.29 is 14.6 Å². The number of ketones is 1. The van der Waals surface area contributed by atoms with Crippen LogP contribution in [0.5, 0.6) is 5.75 Å². The number of Topliss-reactive ketones (excluding diaryl/α,β-unsaturated/α-hetero) is 1. The third-order valence-electron chi connectivity index (χ3n) is 3.90. The molecule has 0 heterocycles. The Balaban J connectivity index is 1.73. The van der Waals surface area contributed by atoms with Crippen LogP contribution in [0.1, 0.15) is 44.6 Å². The van der Waals surface area contributed by atoms with Gasteiger partial charge in [-0.2, -0.15) is 0 Å². The third kappa shape index (κ3) is 4.97. The van der Waals surface area contributed by atoms with Crippen molar-refractivity contribution in [2.45, 2.75) is 51.6 Å². The van der Waals surface area contributed by atoms with Crippen LogP contribution in [0.2, 0.25) is 0 Å². The lowest BCUT2D eigenvalue weighted by molar-refractivity contribution is -0.116. The van der Waals surface area contributed by atoms with Crippen molar-refractivity contribution in [3.05, 3.63) is 29.8 Å². The van der Waals surface area contributed by atoms with Crippen LogP contribution in [0.4, 0.5) is 0 Å². The lowest BCUT2D eigenvalue weighted by atomic mass is 10.0. The predicted molar refractivity (Wildman–Crippen MR) is 78.9 cm³/mol. The fourth-order valence-corrected chi connectivity index (χ4v) is 2.88. The highest BCUT2D eigenvalue weighted by atomic mass is 16.5. The van der Waals surface area contributed by atoms with Gasteiger partial charge in [0.05, 0.1) is 6.10 Å². The topological polar surface area (TPSA) is 46.5 Å². The van der Waals surface area contributed by atoms with Gasteiger partial charge in [0.2, 0.25) is 0 Å². The number of rotatable bonds is 7.